The summed E-state index contributed by atoms with van der Waals surface area (Å²) >= 11 is 0. The smallest absolute Gasteiger partial charge is 0.296 e. The molecule has 0 saturated carbocycles. The molecular weight excluding hydrogens is 262 g/mol. The maximum absolute atomic E-state index is 11.4. The first kappa shape index (κ1) is 14.4. The minimum atomic E-state index is -3.82. The minimum absolute atomic E-state index is 0.140. The lowest BCUT2D eigenvalue weighted by Gasteiger charge is -2.12. The normalized spacial score (nSPS) is 13.9. The lowest BCUT2D eigenvalue weighted by Crippen LogP contribution is -2.11. The third-order valence-corrected chi connectivity index (χ3v) is 3.73. The summed E-state index contributed by atoms with van der Waals surface area (Å²) in [5.41, 5.74) is 0. The highest BCUT2D eigenvalue weighted by Crippen LogP contribution is 2.23. The molecule has 1 aromatic heterocycles. The summed E-state index contributed by atoms with van der Waals surface area (Å²) in [6, 6.07) is 0. The van der Waals surface area contributed by atoms with Crippen molar-refractivity contribution >= 4 is 19.7 Å². The van der Waals surface area contributed by atoms with Crippen LogP contribution in [0.15, 0.2) is 5.16 Å². The largest absolute Gasteiger partial charge is 0.301 e. The second kappa shape index (κ2) is 5.82. The van der Waals surface area contributed by atoms with Gasteiger partial charge in [0.2, 0.25) is 0 Å². The van der Waals surface area contributed by atoms with Gasteiger partial charge in [-0.1, -0.05) is 27.2 Å². The highest BCUT2D eigenvalue weighted by molar-refractivity contribution is 8.13. The molecule has 1 atom stereocenters. The van der Waals surface area contributed by atoms with Crippen molar-refractivity contribution in [3.63, 3.8) is 0 Å². The molecular formula is C10H18ClN3O2S. The van der Waals surface area contributed by atoms with Gasteiger partial charge in [0.1, 0.15) is 5.82 Å². The van der Waals surface area contributed by atoms with E-state index >= 15 is 0 Å². The molecule has 0 aliphatic rings. The second-order valence-corrected chi connectivity index (χ2v) is 6.58. The van der Waals surface area contributed by atoms with Crippen LogP contribution in [0.2, 0.25) is 0 Å². The van der Waals surface area contributed by atoms with Crippen LogP contribution in [0, 0.1) is 0 Å². The predicted molar refractivity (Wildman–Crippen MR) is 66.7 cm³/mol. The van der Waals surface area contributed by atoms with E-state index in [2.05, 4.69) is 17.1 Å². The first-order valence-corrected chi connectivity index (χ1v) is 8.10. The van der Waals surface area contributed by atoms with E-state index in [-0.39, 0.29) is 11.1 Å². The van der Waals surface area contributed by atoms with Gasteiger partial charge >= 0.3 is 0 Å². The molecule has 1 unspecified atom stereocenters. The van der Waals surface area contributed by atoms with Crippen LogP contribution in [0.3, 0.4) is 0 Å². The molecule has 0 aliphatic carbocycles. The molecule has 5 nitrogen and oxygen atoms in total. The average Bonchev–Trinajstić information content (AvgIpc) is 2.62. The van der Waals surface area contributed by atoms with E-state index in [0.29, 0.717) is 12.4 Å². The van der Waals surface area contributed by atoms with Gasteiger partial charge in [-0.05, 0) is 12.8 Å². The lowest BCUT2D eigenvalue weighted by atomic mass is 10.1. The Hall–Kier alpha value is -0.620. The molecule has 0 aliphatic heterocycles. The summed E-state index contributed by atoms with van der Waals surface area (Å²) in [7, 11) is 1.52. The van der Waals surface area contributed by atoms with E-state index in [1.165, 1.54) is 0 Å². The van der Waals surface area contributed by atoms with Gasteiger partial charge in [0.05, 0.1) is 0 Å². The molecule has 1 aromatic rings. The van der Waals surface area contributed by atoms with E-state index in [9.17, 15) is 8.42 Å². The van der Waals surface area contributed by atoms with Gasteiger partial charge in [-0.15, -0.1) is 10.2 Å². The Labute approximate surface area is 107 Å². The van der Waals surface area contributed by atoms with Crippen molar-refractivity contribution in [3.05, 3.63) is 5.82 Å². The Morgan fingerprint density at radius 3 is 2.41 bits per heavy atom. The van der Waals surface area contributed by atoms with Gasteiger partial charge in [0, 0.05) is 23.1 Å². The van der Waals surface area contributed by atoms with Crippen LogP contribution in [-0.4, -0.2) is 23.2 Å². The first-order valence-electron chi connectivity index (χ1n) is 5.79. The molecule has 0 bridgehead atoms. The number of hydrogen-bond donors (Lipinski definition) is 0. The molecule has 0 radical (unpaired) electrons. The number of halogens is 1. The minimum Gasteiger partial charge on any atom is -0.301 e. The van der Waals surface area contributed by atoms with Crippen LogP contribution >= 0.6 is 10.7 Å². The summed E-state index contributed by atoms with van der Waals surface area (Å²) in [4.78, 5) is 0. The van der Waals surface area contributed by atoms with Crippen LogP contribution in [0.4, 0.5) is 0 Å². The molecule has 0 aromatic carbocycles. The van der Waals surface area contributed by atoms with Gasteiger partial charge in [0.25, 0.3) is 14.2 Å². The van der Waals surface area contributed by atoms with Gasteiger partial charge in [-0.2, -0.15) is 0 Å². The van der Waals surface area contributed by atoms with Crippen molar-refractivity contribution in [2.24, 2.45) is 0 Å². The van der Waals surface area contributed by atoms with E-state index in [1.54, 1.807) is 4.57 Å². The predicted octanol–water partition coefficient (Wildman–Crippen LogP) is 2.52. The molecule has 0 saturated heterocycles. The number of rotatable bonds is 6. The number of aromatic nitrogens is 3. The topological polar surface area (TPSA) is 64.8 Å². The Morgan fingerprint density at radius 1 is 1.29 bits per heavy atom. The summed E-state index contributed by atoms with van der Waals surface area (Å²) in [6.45, 7) is 6.64. The molecule has 0 fully saturated rings. The molecule has 1 rings (SSSR count). The zero-order valence-corrected chi connectivity index (χ0v) is 11.9. The highest BCUT2D eigenvalue weighted by atomic mass is 35.7. The van der Waals surface area contributed by atoms with Crippen molar-refractivity contribution in [3.8, 4) is 0 Å². The number of nitrogens with zero attached hydrogens (tertiary/aromatic N) is 3. The van der Waals surface area contributed by atoms with Crippen molar-refractivity contribution in [1.82, 2.24) is 14.8 Å². The molecule has 1 heterocycles. The summed E-state index contributed by atoms with van der Waals surface area (Å²) < 4.78 is 24.3. The number of hydrogen-bond acceptors (Lipinski definition) is 4. The Morgan fingerprint density at radius 2 is 1.94 bits per heavy atom. The summed E-state index contributed by atoms with van der Waals surface area (Å²) in [6.07, 6.45) is 2.77. The van der Waals surface area contributed by atoms with Crippen LogP contribution < -0.4 is 0 Å². The van der Waals surface area contributed by atoms with Gasteiger partial charge in [0.15, 0.2) is 0 Å². The van der Waals surface area contributed by atoms with Crippen molar-refractivity contribution < 1.29 is 8.42 Å². The SMILES string of the molecule is CCCC(C)c1nnc(S(=O)(=O)Cl)n1CCC. The average molecular weight is 280 g/mol. The van der Waals surface area contributed by atoms with Crippen LogP contribution in [0.1, 0.15) is 51.8 Å². The molecule has 17 heavy (non-hydrogen) atoms. The Kier molecular flexibility index (Phi) is 4.94. The van der Waals surface area contributed by atoms with E-state index < -0.39 is 9.05 Å². The van der Waals surface area contributed by atoms with Gasteiger partial charge in [-0.25, -0.2) is 8.42 Å². The van der Waals surface area contributed by atoms with Crippen molar-refractivity contribution in [2.45, 2.75) is 57.7 Å². The van der Waals surface area contributed by atoms with Crippen LogP contribution in [0.25, 0.3) is 0 Å². The third kappa shape index (κ3) is 3.42. The fourth-order valence-electron chi connectivity index (χ4n) is 1.84. The quantitative estimate of drug-likeness (QED) is 0.751. The first-order chi connectivity index (χ1) is 7.91. The van der Waals surface area contributed by atoms with Crippen molar-refractivity contribution in [2.75, 3.05) is 0 Å². The summed E-state index contributed by atoms with van der Waals surface area (Å²) in [5.74, 6) is 0.888. The van der Waals surface area contributed by atoms with Crippen molar-refractivity contribution in [1.29, 1.82) is 0 Å². The highest BCUT2D eigenvalue weighted by Gasteiger charge is 2.24. The zero-order chi connectivity index (χ0) is 13.1. The Bertz CT molecular complexity index is 470. The monoisotopic (exact) mass is 279 g/mol. The van der Waals surface area contributed by atoms with Gasteiger partial charge in [-0.3, -0.25) is 0 Å². The zero-order valence-electron chi connectivity index (χ0n) is 10.4. The van der Waals surface area contributed by atoms with E-state index in [4.69, 9.17) is 10.7 Å². The second-order valence-electron chi connectivity index (χ2n) is 4.12. The molecule has 7 heteroatoms. The Balaban J connectivity index is 3.19. The van der Waals surface area contributed by atoms with Crippen LogP contribution in [-0.2, 0) is 15.6 Å². The summed E-state index contributed by atoms with van der Waals surface area (Å²) in [5, 5.41) is 7.53. The molecule has 0 N–H and O–H groups in total. The third-order valence-electron chi connectivity index (χ3n) is 2.57. The standard InChI is InChI=1S/C10H18ClN3O2S/c1-4-6-8(3)9-12-13-10(17(11,15)16)14(9)7-5-2/h8H,4-7H2,1-3H3. The van der Waals surface area contributed by atoms with Gasteiger partial charge < -0.3 is 4.57 Å². The lowest BCUT2D eigenvalue weighted by molar-refractivity contribution is 0.524. The van der Waals surface area contributed by atoms with E-state index in [1.807, 2.05) is 13.8 Å². The fourth-order valence-corrected chi connectivity index (χ4v) is 2.77. The van der Waals surface area contributed by atoms with Crippen LogP contribution in [0.5, 0.6) is 0 Å². The maximum atomic E-state index is 11.4. The molecule has 0 amide bonds. The molecule has 98 valence electrons. The van der Waals surface area contributed by atoms with E-state index in [0.717, 1.165) is 19.3 Å². The fraction of sp³-hybridized carbons (Fsp3) is 0.800. The molecule has 0 spiro atoms. The maximum Gasteiger partial charge on any atom is 0.296 e.